The predicted octanol–water partition coefficient (Wildman–Crippen LogP) is 3.58. The molecular weight excluding hydrogens is 303 g/mol. The molecule has 1 N–H and O–H groups in total. The monoisotopic (exact) mass is 314 g/mol. The zero-order chi connectivity index (χ0) is 12.3. The third-order valence-corrected chi connectivity index (χ3v) is 3.24. The molecule has 1 atom stereocenters. The Balaban J connectivity index is 2.17. The summed E-state index contributed by atoms with van der Waals surface area (Å²) in [5.41, 5.74) is 0. The molecule has 0 heterocycles. The lowest BCUT2D eigenvalue weighted by Crippen LogP contribution is -2.18. The van der Waals surface area contributed by atoms with E-state index in [0.29, 0.717) is 0 Å². The number of aliphatic hydroxyl groups is 1. The second-order valence-electron chi connectivity index (χ2n) is 3.77. The molecule has 1 unspecified atom stereocenters. The molecule has 17 heavy (non-hydrogen) atoms. The van der Waals surface area contributed by atoms with Crippen molar-refractivity contribution in [2.75, 3.05) is 12.5 Å². The van der Waals surface area contributed by atoms with Crippen LogP contribution in [0.5, 0.6) is 5.75 Å². The number of halogens is 2. The molecule has 0 bridgehead atoms. The van der Waals surface area contributed by atoms with Crippen LogP contribution in [0.4, 0.5) is 0 Å². The molecule has 0 fully saturated rings. The topological polar surface area (TPSA) is 29.5 Å². The van der Waals surface area contributed by atoms with Gasteiger partial charge in [-0.25, -0.2) is 0 Å². The van der Waals surface area contributed by atoms with E-state index in [2.05, 4.69) is 15.9 Å². The summed E-state index contributed by atoms with van der Waals surface area (Å²) in [6, 6.07) is 11.9. The lowest BCUT2D eigenvalue weighted by atomic mass is 10.1. The first-order valence-electron chi connectivity index (χ1n) is 5.25. The Morgan fingerprint density at radius 3 is 2.65 bits per heavy atom. The van der Waals surface area contributed by atoms with Crippen LogP contribution in [-0.2, 0) is 0 Å². The van der Waals surface area contributed by atoms with Gasteiger partial charge in [0.05, 0.1) is 5.88 Å². The van der Waals surface area contributed by atoms with E-state index in [4.69, 9.17) is 16.3 Å². The fourth-order valence-corrected chi connectivity index (χ4v) is 1.99. The Kier molecular flexibility index (Phi) is 4.26. The molecule has 2 aromatic carbocycles. The molecule has 0 aliphatic rings. The molecule has 2 aromatic rings. The SMILES string of the molecule is OC(CCl)COc1ccc2cc(Br)ccc2c1. The van der Waals surface area contributed by atoms with E-state index in [-0.39, 0.29) is 12.5 Å². The minimum absolute atomic E-state index is 0.181. The smallest absolute Gasteiger partial charge is 0.120 e. The van der Waals surface area contributed by atoms with Gasteiger partial charge in [-0.15, -0.1) is 11.6 Å². The summed E-state index contributed by atoms with van der Waals surface area (Å²) in [5.74, 6) is 0.921. The number of alkyl halides is 1. The van der Waals surface area contributed by atoms with Crippen LogP contribution in [0.15, 0.2) is 40.9 Å². The highest BCUT2D eigenvalue weighted by atomic mass is 79.9. The van der Waals surface area contributed by atoms with Crippen LogP contribution in [0.1, 0.15) is 0 Å². The van der Waals surface area contributed by atoms with Gasteiger partial charge in [0.25, 0.3) is 0 Å². The van der Waals surface area contributed by atoms with Crippen LogP contribution in [0.3, 0.4) is 0 Å². The molecule has 2 rings (SSSR count). The van der Waals surface area contributed by atoms with E-state index >= 15 is 0 Å². The molecule has 90 valence electrons. The molecular formula is C13H12BrClO2. The van der Waals surface area contributed by atoms with Gasteiger partial charge in [0.15, 0.2) is 0 Å². The summed E-state index contributed by atoms with van der Waals surface area (Å²) in [6.45, 7) is 0.214. The second-order valence-corrected chi connectivity index (χ2v) is 5.00. The van der Waals surface area contributed by atoms with Crippen molar-refractivity contribution in [2.24, 2.45) is 0 Å². The first kappa shape index (κ1) is 12.7. The molecule has 0 amide bonds. The van der Waals surface area contributed by atoms with Crippen molar-refractivity contribution in [3.8, 4) is 5.75 Å². The number of rotatable bonds is 4. The summed E-state index contributed by atoms with van der Waals surface area (Å²) in [7, 11) is 0. The Labute approximate surface area is 113 Å². The van der Waals surface area contributed by atoms with Crippen LogP contribution >= 0.6 is 27.5 Å². The summed E-state index contributed by atoms with van der Waals surface area (Å²) in [6.07, 6.45) is -0.628. The van der Waals surface area contributed by atoms with Gasteiger partial charge in [0, 0.05) is 4.47 Å². The van der Waals surface area contributed by atoms with Crippen molar-refractivity contribution in [2.45, 2.75) is 6.10 Å². The predicted molar refractivity (Wildman–Crippen MR) is 73.9 cm³/mol. The van der Waals surface area contributed by atoms with Gasteiger partial charge in [0.1, 0.15) is 18.5 Å². The van der Waals surface area contributed by atoms with Crippen LogP contribution in [0, 0.1) is 0 Å². The third-order valence-electron chi connectivity index (χ3n) is 2.39. The van der Waals surface area contributed by atoms with Gasteiger partial charge >= 0.3 is 0 Å². The van der Waals surface area contributed by atoms with E-state index in [1.165, 1.54) is 0 Å². The molecule has 0 saturated carbocycles. The van der Waals surface area contributed by atoms with Crippen molar-refractivity contribution < 1.29 is 9.84 Å². The fourth-order valence-electron chi connectivity index (χ4n) is 1.52. The highest BCUT2D eigenvalue weighted by Crippen LogP contribution is 2.24. The molecule has 0 radical (unpaired) electrons. The Morgan fingerprint density at radius 2 is 1.88 bits per heavy atom. The standard InChI is InChI=1S/C13H12BrClO2/c14-11-3-1-10-6-13(4-2-9(10)5-11)17-8-12(16)7-15/h1-6,12,16H,7-8H2. The van der Waals surface area contributed by atoms with E-state index < -0.39 is 6.10 Å². The van der Waals surface area contributed by atoms with E-state index in [1.54, 1.807) is 0 Å². The highest BCUT2D eigenvalue weighted by Gasteiger charge is 2.03. The van der Waals surface area contributed by atoms with E-state index in [0.717, 1.165) is 21.0 Å². The number of benzene rings is 2. The molecule has 0 aliphatic heterocycles. The number of ether oxygens (including phenoxy) is 1. The molecule has 0 aromatic heterocycles. The van der Waals surface area contributed by atoms with Gasteiger partial charge in [0.2, 0.25) is 0 Å². The molecule has 2 nitrogen and oxygen atoms in total. The normalized spacial score (nSPS) is 12.6. The zero-order valence-corrected chi connectivity index (χ0v) is 11.4. The highest BCUT2D eigenvalue weighted by molar-refractivity contribution is 9.10. The first-order valence-corrected chi connectivity index (χ1v) is 6.58. The van der Waals surface area contributed by atoms with Crippen molar-refractivity contribution >= 4 is 38.3 Å². The second kappa shape index (κ2) is 5.71. The van der Waals surface area contributed by atoms with Crippen LogP contribution in [0.25, 0.3) is 10.8 Å². The van der Waals surface area contributed by atoms with Crippen LogP contribution < -0.4 is 4.74 Å². The summed E-state index contributed by atoms with van der Waals surface area (Å²) >= 11 is 8.93. The summed E-state index contributed by atoms with van der Waals surface area (Å²) < 4.78 is 6.50. The lowest BCUT2D eigenvalue weighted by Gasteiger charge is -2.10. The lowest BCUT2D eigenvalue weighted by molar-refractivity contribution is 0.125. The van der Waals surface area contributed by atoms with Gasteiger partial charge in [-0.2, -0.15) is 0 Å². The Hall–Kier alpha value is -0.770. The van der Waals surface area contributed by atoms with E-state index in [9.17, 15) is 5.11 Å². The maximum absolute atomic E-state index is 9.31. The fraction of sp³-hybridized carbons (Fsp3) is 0.231. The molecule has 0 saturated heterocycles. The zero-order valence-electron chi connectivity index (χ0n) is 9.07. The van der Waals surface area contributed by atoms with Crippen LogP contribution in [-0.4, -0.2) is 23.7 Å². The summed E-state index contributed by atoms with van der Waals surface area (Å²) in [4.78, 5) is 0. The Morgan fingerprint density at radius 1 is 1.18 bits per heavy atom. The summed E-state index contributed by atoms with van der Waals surface area (Å²) in [5, 5.41) is 11.6. The maximum Gasteiger partial charge on any atom is 0.120 e. The maximum atomic E-state index is 9.31. The van der Waals surface area contributed by atoms with Gasteiger partial charge in [-0.05, 0) is 35.0 Å². The van der Waals surface area contributed by atoms with Crippen molar-refractivity contribution in [3.05, 3.63) is 40.9 Å². The van der Waals surface area contributed by atoms with Crippen molar-refractivity contribution in [1.82, 2.24) is 0 Å². The third kappa shape index (κ3) is 3.35. The number of aliphatic hydroxyl groups excluding tert-OH is 1. The largest absolute Gasteiger partial charge is 0.491 e. The minimum Gasteiger partial charge on any atom is -0.491 e. The van der Waals surface area contributed by atoms with Crippen molar-refractivity contribution in [3.63, 3.8) is 0 Å². The quantitative estimate of drug-likeness (QED) is 0.874. The average molecular weight is 316 g/mol. The number of hydrogen-bond donors (Lipinski definition) is 1. The van der Waals surface area contributed by atoms with Gasteiger partial charge < -0.3 is 9.84 Å². The number of fused-ring (bicyclic) bond motifs is 1. The van der Waals surface area contributed by atoms with Crippen molar-refractivity contribution in [1.29, 1.82) is 0 Å². The number of hydrogen-bond acceptors (Lipinski definition) is 2. The molecule has 4 heteroatoms. The van der Waals surface area contributed by atoms with Crippen LogP contribution in [0.2, 0.25) is 0 Å². The first-order chi connectivity index (χ1) is 8.19. The van der Waals surface area contributed by atoms with Gasteiger partial charge in [-0.3, -0.25) is 0 Å². The molecule has 0 aliphatic carbocycles. The minimum atomic E-state index is -0.628. The average Bonchev–Trinajstić information content (AvgIpc) is 2.35. The Bertz CT molecular complexity index is 516. The molecule has 0 spiro atoms. The van der Waals surface area contributed by atoms with Gasteiger partial charge in [-0.1, -0.05) is 28.1 Å². The van der Waals surface area contributed by atoms with E-state index in [1.807, 2.05) is 36.4 Å².